The third-order valence-corrected chi connectivity index (χ3v) is 9.09. The molecule has 1 unspecified atom stereocenters. The number of hydrogen-bond donors (Lipinski definition) is 0. The Hall–Kier alpha value is -3.76. The molecule has 0 N–H and O–H groups in total. The van der Waals surface area contributed by atoms with Crippen molar-refractivity contribution in [3.8, 4) is 5.75 Å². The maximum atomic E-state index is 13.7. The molecule has 1 amide bonds. The lowest BCUT2D eigenvalue weighted by atomic mass is 9.98. The highest BCUT2D eigenvalue weighted by Gasteiger charge is 2.32. The van der Waals surface area contributed by atoms with Gasteiger partial charge < -0.3 is 4.74 Å². The van der Waals surface area contributed by atoms with E-state index in [9.17, 15) is 22.0 Å². The number of hydrogen-bond acceptors (Lipinski definition) is 6. The second-order valence-electron chi connectivity index (χ2n) is 8.81. The Bertz CT molecular complexity index is 1710. The van der Waals surface area contributed by atoms with Crippen LogP contribution >= 0.6 is 11.9 Å². The van der Waals surface area contributed by atoms with E-state index in [0.29, 0.717) is 34.5 Å². The molecule has 1 aliphatic heterocycles. The summed E-state index contributed by atoms with van der Waals surface area (Å²) in [6.45, 7) is 1.51. The van der Waals surface area contributed by atoms with E-state index < -0.39 is 32.8 Å². The summed E-state index contributed by atoms with van der Waals surface area (Å²) in [4.78, 5) is 16.7. The van der Waals surface area contributed by atoms with E-state index in [-0.39, 0.29) is 0 Å². The zero-order valence-corrected chi connectivity index (χ0v) is 22.0. The first-order valence-corrected chi connectivity index (χ1v) is 14.2. The number of rotatable bonds is 5. The predicted molar refractivity (Wildman–Crippen MR) is 145 cm³/mol. The van der Waals surface area contributed by atoms with Crippen molar-refractivity contribution in [1.29, 1.82) is 0 Å². The Morgan fingerprint density at radius 3 is 2.55 bits per heavy atom. The monoisotopic (exact) mass is 552 g/mol. The molecule has 38 heavy (non-hydrogen) atoms. The summed E-state index contributed by atoms with van der Waals surface area (Å²) in [7, 11) is -3.83. The lowest BCUT2D eigenvalue weighted by Crippen LogP contribution is -2.29. The van der Waals surface area contributed by atoms with Crippen LogP contribution in [0.25, 0.3) is 23.1 Å². The molecule has 1 aromatic heterocycles. The summed E-state index contributed by atoms with van der Waals surface area (Å²) in [5.41, 5.74) is 4.10. The van der Waals surface area contributed by atoms with Gasteiger partial charge in [-0.1, -0.05) is 42.5 Å². The molecule has 194 valence electrons. The number of halogens is 2. The molecule has 1 aliphatic rings. The highest BCUT2D eigenvalue weighted by Crippen LogP contribution is 2.46. The topological polar surface area (TPSA) is 76.6 Å². The molecule has 5 rings (SSSR count). The van der Waals surface area contributed by atoms with Crippen molar-refractivity contribution in [3.63, 3.8) is 0 Å². The molecular formula is C28H22F2N2O4S2. The number of amides is 1. The SMILES string of the molecule is CC(=O)N(SC1c2ccccc2COc2ccc(/C=C/c3ccc4cc(F)c(F)cc4n3)cc21)S(C)(=O)=O. The molecule has 0 saturated heterocycles. The van der Waals surface area contributed by atoms with Crippen molar-refractivity contribution in [2.45, 2.75) is 18.8 Å². The second kappa shape index (κ2) is 10.2. The zero-order valence-electron chi connectivity index (χ0n) is 20.4. The van der Waals surface area contributed by atoms with Crippen molar-refractivity contribution in [2.75, 3.05) is 6.26 Å². The van der Waals surface area contributed by atoms with Gasteiger partial charge in [0.2, 0.25) is 15.9 Å². The maximum Gasteiger partial charge on any atom is 0.244 e. The Labute approximate surface area is 223 Å². The minimum atomic E-state index is -3.83. The average molecular weight is 553 g/mol. The fourth-order valence-electron chi connectivity index (χ4n) is 4.25. The lowest BCUT2D eigenvalue weighted by molar-refractivity contribution is -0.120. The minimum Gasteiger partial charge on any atom is -0.489 e. The molecule has 0 radical (unpaired) electrons. The van der Waals surface area contributed by atoms with E-state index >= 15 is 0 Å². The molecule has 3 aromatic carbocycles. The zero-order chi connectivity index (χ0) is 27.0. The largest absolute Gasteiger partial charge is 0.489 e. The van der Waals surface area contributed by atoms with E-state index in [2.05, 4.69) is 4.98 Å². The Morgan fingerprint density at radius 2 is 1.79 bits per heavy atom. The highest BCUT2D eigenvalue weighted by molar-refractivity contribution is 8.09. The molecule has 0 fully saturated rings. The van der Waals surface area contributed by atoms with Gasteiger partial charge in [-0.25, -0.2) is 22.2 Å². The van der Waals surface area contributed by atoms with Crippen LogP contribution in [0.15, 0.2) is 66.7 Å². The third-order valence-electron chi connectivity index (χ3n) is 6.00. The van der Waals surface area contributed by atoms with Crippen LogP contribution in [0.1, 0.15) is 40.1 Å². The maximum absolute atomic E-state index is 13.7. The third kappa shape index (κ3) is 5.27. The van der Waals surface area contributed by atoms with Crippen molar-refractivity contribution >= 4 is 50.9 Å². The summed E-state index contributed by atoms with van der Waals surface area (Å²) in [6.07, 6.45) is 4.55. The van der Waals surface area contributed by atoms with Gasteiger partial charge in [0, 0.05) is 23.9 Å². The van der Waals surface area contributed by atoms with Crippen molar-refractivity contribution in [3.05, 3.63) is 106 Å². The summed E-state index contributed by atoms with van der Waals surface area (Å²) < 4.78 is 58.8. The second-order valence-corrected chi connectivity index (χ2v) is 11.9. The van der Waals surface area contributed by atoms with E-state index in [4.69, 9.17) is 4.74 Å². The fourth-order valence-corrected chi connectivity index (χ4v) is 6.59. The molecule has 1 atom stereocenters. The Balaban J connectivity index is 1.54. The number of nitrogens with zero attached hydrogens (tertiary/aromatic N) is 2. The van der Waals surface area contributed by atoms with Crippen LogP contribution in [0.3, 0.4) is 0 Å². The summed E-state index contributed by atoms with van der Waals surface area (Å²) in [6, 6.07) is 18.6. The molecule has 0 saturated carbocycles. The van der Waals surface area contributed by atoms with Crippen LogP contribution in [-0.4, -0.2) is 29.3 Å². The van der Waals surface area contributed by atoms with Gasteiger partial charge >= 0.3 is 0 Å². The van der Waals surface area contributed by atoms with Gasteiger partial charge in [0.1, 0.15) is 12.4 Å². The summed E-state index contributed by atoms with van der Waals surface area (Å²) in [5, 5.41) is -0.0463. The van der Waals surface area contributed by atoms with Gasteiger partial charge in [-0.05, 0) is 59.0 Å². The Morgan fingerprint density at radius 1 is 1.03 bits per heavy atom. The van der Waals surface area contributed by atoms with Crippen molar-refractivity contribution in [1.82, 2.24) is 8.69 Å². The van der Waals surface area contributed by atoms with Crippen LogP contribution < -0.4 is 4.74 Å². The van der Waals surface area contributed by atoms with Gasteiger partial charge in [-0.15, -0.1) is 0 Å². The smallest absolute Gasteiger partial charge is 0.244 e. The van der Waals surface area contributed by atoms with Gasteiger partial charge in [0.25, 0.3) is 0 Å². The first kappa shape index (κ1) is 25.9. The first-order chi connectivity index (χ1) is 18.1. The van der Waals surface area contributed by atoms with Crippen LogP contribution in [0.2, 0.25) is 0 Å². The highest BCUT2D eigenvalue weighted by atomic mass is 32.3. The molecule has 0 bridgehead atoms. The number of carbonyl (C=O) groups excluding carboxylic acids is 1. The molecule has 0 spiro atoms. The number of fused-ring (bicyclic) bond motifs is 3. The molecule has 2 heterocycles. The van der Waals surface area contributed by atoms with Gasteiger partial charge in [0.05, 0.1) is 22.7 Å². The molecular weight excluding hydrogens is 530 g/mol. The predicted octanol–water partition coefficient (Wildman–Crippen LogP) is 6.12. The number of ether oxygens (including phenoxy) is 1. The number of pyridine rings is 1. The normalized spacial score (nSPS) is 15.0. The van der Waals surface area contributed by atoms with E-state index in [0.717, 1.165) is 50.7 Å². The van der Waals surface area contributed by atoms with E-state index in [1.54, 1.807) is 24.3 Å². The van der Waals surface area contributed by atoms with Crippen LogP contribution in [0.5, 0.6) is 5.75 Å². The number of carbonyl (C=O) groups is 1. The quantitative estimate of drug-likeness (QED) is 0.278. The van der Waals surface area contributed by atoms with Crippen molar-refractivity contribution in [2.24, 2.45) is 0 Å². The number of benzene rings is 3. The molecule has 4 aromatic rings. The molecule has 10 heteroatoms. The van der Waals surface area contributed by atoms with Crippen LogP contribution in [0, 0.1) is 11.6 Å². The summed E-state index contributed by atoms with van der Waals surface area (Å²) in [5.74, 6) is -1.91. The first-order valence-electron chi connectivity index (χ1n) is 11.6. The molecule has 6 nitrogen and oxygen atoms in total. The standard InChI is InChI=1S/C28H22F2N2O4S2/c1-17(33)32(38(2,34)35)37-28-22-6-4-3-5-20(22)16-36-27-12-8-18(13-23(27)28)7-10-21-11-9-19-14-24(29)25(30)15-26(19)31-21/h3-15,28H,16H2,1-2H3/b10-7+. The number of aromatic nitrogens is 1. The van der Waals surface area contributed by atoms with Crippen LogP contribution in [-0.2, 0) is 21.4 Å². The fraction of sp³-hybridized carbons (Fsp3) is 0.143. The van der Waals surface area contributed by atoms with Gasteiger partial charge in [-0.3, -0.25) is 4.79 Å². The Kier molecular flexibility index (Phi) is 6.93. The lowest BCUT2D eigenvalue weighted by Gasteiger charge is -2.25. The average Bonchev–Trinajstić information content (AvgIpc) is 3.02. The molecule has 0 aliphatic carbocycles. The van der Waals surface area contributed by atoms with E-state index in [1.165, 1.54) is 6.92 Å². The summed E-state index contributed by atoms with van der Waals surface area (Å²) >= 11 is 0.920. The minimum absolute atomic E-state index is 0.298. The van der Waals surface area contributed by atoms with Gasteiger partial charge in [-0.2, -0.15) is 3.71 Å². The van der Waals surface area contributed by atoms with Gasteiger partial charge in [0.15, 0.2) is 11.6 Å². The van der Waals surface area contributed by atoms with Crippen molar-refractivity contribution < 1.29 is 26.7 Å². The van der Waals surface area contributed by atoms with Crippen LogP contribution in [0.4, 0.5) is 8.78 Å². The van der Waals surface area contributed by atoms with E-state index in [1.807, 2.05) is 42.5 Å². The number of sulfonamides is 1.